The van der Waals surface area contributed by atoms with Crippen molar-refractivity contribution in [3.63, 3.8) is 0 Å². The van der Waals surface area contributed by atoms with E-state index in [1.54, 1.807) is 0 Å². The topological polar surface area (TPSA) is 77.8 Å². The summed E-state index contributed by atoms with van der Waals surface area (Å²) < 4.78 is 0. The van der Waals surface area contributed by atoms with Crippen molar-refractivity contribution >= 4 is 5.97 Å². The highest BCUT2D eigenvalue weighted by Crippen LogP contribution is 2.78. The first-order valence-electron chi connectivity index (χ1n) is 14.6. The molecule has 0 heterocycles. The summed E-state index contributed by atoms with van der Waals surface area (Å²) in [4.78, 5) is 12.8. The molecule has 5 aliphatic carbocycles. The van der Waals surface area contributed by atoms with Crippen molar-refractivity contribution in [2.45, 2.75) is 131 Å². The highest BCUT2D eigenvalue weighted by atomic mass is 16.4. The molecule has 0 bridgehead atoms. The summed E-state index contributed by atoms with van der Waals surface area (Å²) in [6.07, 6.45) is 9.72. The molecule has 0 aromatic heterocycles. The molecule has 0 spiro atoms. The van der Waals surface area contributed by atoms with Crippen LogP contribution in [0.2, 0.25) is 0 Å². The van der Waals surface area contributed by atoms with Crippen LogP contribution in [0.25, 0.3) is 0 Å². The van der Waals surface area contributed by atoms with Crippen LogP contribution in [0.5, 0.6) is 0 Å². The van der Waals surface area contributed by atoms with E-state index in [2.05, 4.69) is 55.4 Å². The Balaban J connectivity index is 1.62. The molecule has 4 heteroatoms. The number of fused-ring (bicyclic) bond motifs is 7. The van der Waals surface area contributed by atoms with E-state index < -0.39 is 22.6 Å². The molecule has 5 rings (SSSR count). The zero-order valence-electron chi connectivity index (χ0n) is 23.7. The molecule has 200 valence electrons. The van der Waals surface area contributed by atoms with E-state index >= 15 is 0 Å². The van der Waals surface area contributed by atoms with Crippen molar-refractivity contribution in [2.24, 2.45) is 56.7 Å². The minimum atomic E-state index is -1.66. The van der Waals surface area contributed by atoms with Gasteiger partial charge in [-0.3, -0.25) is 0 Å². The second kappa shape index (κ2) is 7.28. The quantitative estimate of drug-likeness (QED) is 0.385. The third-order valence-electron chi connectivity index (χ3n) is 14.6. The van der Waals surface area contributed by atoms with Gasteiger partial charge in [-0.1, -0.05) is 48.5 Å². The third kappa shape index (κ3) is 2.96. The highest BCUT2D eigenvalue weighted by molar-refractivity contribution is 5.79. The molecule has 3 N–H and O–H groups in total. The summed E-state index contributed by atoms with van der Waals surface area (Å²) in [5, 5.41) is 33.8. The number of carboxylic acid groups (broad SMARTS) is 1. The van der Waals surface area contributed by atoms with Gasteiger partial charge in [-0.15, -0.1) is 0 Å². The maximum atomic E-state index is 12.8. The van der Waals surface area contributed by atoms with Gasteiger partial charge < -0.3 is 15.3 Å². The molecule has 0 aromatic rings. The maximum absolute atomic E-state index is 12.8. The van der Waals surface area contributed by atoms with Gasteiger partial charge in [0.25, 0.3) is 0 Å². The largest absolute Gasteiger partial charge is 0.479 e. The smallest absolute Gasteiger partial charge is 0.336 e. The van der Waals surface area contributed by atoms with Crippen LogP contribution in [0.4, 0.5) is 0 Å². The predicted octanol–water partition coefficient (Wildman–Crippen LogP) is 6.67. The van der Waals surface area contributed by atoms with Gasteiger partial charge >= 0.3 is 5.97 Å². The van der Waals surface area contributed by atoms with Crippen LogP contribution in [0.3, 0.4) is 0 Å². The lowest BCUT2D eigenvalue weighted by atomic mass is 9.30. The Hall–Kier alpha value is -0.610. The van der Waals surface area contributed by atoms with Gasteiger partial charge in [0.15, 0.2) is 5.60 Å². The lowest BCUT2D eigenvalue weighted by molar-refractivity contribution is -0.294. The van der Waals surface area contributed by atoms with Gasteiger partial charge in [-0.2, -0.15) is 0 Å². The second-order valence-corrected chi connectivity index (χ2v) is 15.9. The monoisotopic (exact) mass is 488 g/mol. The van der Waals surface area contributed by atoms with Crippen LogP contribution >= 0.6 is 0 Å². The molecular weight excluding hydrogens is 436 g/mol. The third-order valence-corrected chi connectivity index (χ3v) is 14.6. The first-order chi connectivity index (χ1) is 15.9. The molecule has 5 aliphatic rings. The summed E-state index contributed by atoms with van der Waals surface area (Å²) in [6, 6.07) is 0. The summed E-state index contributed by atoms with van der Waals surface area (Å²) in [5.41, 5.74) is -2.50. The fourth-order valence-electron chi connectivity index (χ4n) is 11.9. The molecular formula is C31H52O4. The fourth-order valence-corrected chi connectivity index (χ4v) is 11.9. The molecule has 5 fully saturated rings. The number of rotatable bonds is 1. The van der Waals surface area contributed by atoms with Crippen LogP contribution in [0.15, 0.2) is 0 Å². The standard InChI is InChI=1S/C31H52O4/c1-19-23-20-9-10-22-28(6,27(20,5)16-14-26(23,4)15-17-29(19,7)34)12-11-21-25(2,3)13-18-31(35,24(32)33)30(21,22)8/h19-23,34-35H,9-18H2,1-8H3,(H,32,33)/t19-,20-,21+,22+,23+,26+,27-,28-,29+,30+,31?/m1/s1. The summed E-state index contributed by atoms with van der Waals surface area (Å²) in [6.45, 7) is 18.6. The zero-order chi connectivity index (χ0) is 26.0. The summed E-state index contributed by atoms with van der Waals surface area (Å²) >= 11 is 0. The summed E-state index contributed by atoms with van der Waals surface area (Å²) in [7, 11) is 0. The number of carbonyl (C=O) groups is 1. The van der Waals surface area contributed by atoms with E-state index in [1.165, 1.54) is 12.8 Å². The lowest BCUT2D eigenvalue weighted by Gasteiger charge is -2.75. The van der Waals surface area contributed by atoms with E-state index in [-0.39, 0.29) is 39.4 Å². The Bertz CT molecular complexity index is 910. The normalized spacial score (nSPS) is 59.4. The van der Waals surface area contributed by atoms with Gasteiger partial charge in [0.2, 0.25) is 0 Å². The van der Waals surface area contributed by atoms with E-state index in [1.807, 2.05) is 0 Å². The fraction of sp³-hybridized carbons (Fsp3) is 0.968. The molecule has 0 aliphatic heterocycles. The van der Waals surface area contributed by atoms with Crippen molar-refractivity contribution in [3.05, 3.63) is 0 Å². The SMILES string of the molecule is C[C@@H]1[C@H]2[C@H]3CC[C@@H]4[C@]5(C)[C@@H](CC[C@@]4(C)[C@]3(C)CC[C@@]2(C)CC[C@]1(C)O)C(C)(C)CCC5(O)C(=O)O. The Morgan fingerprint density at radius 2 is 1.34 bits per heavy atom. The molecule has 11 atom stereocenters. The van der Waals surface area contributed by atoms with E-state index in [0.29, 0.717) is 18.3 Å². The van der Waals surface area contributed by atoms with Crippen molar-refractivity contribution in [1.82, 2.24) is 0 Å². The molecule has 4 nitrogen and oxygen atoms in total. The lowest BCUT2D eigenvalue weighted by Crippen LogP contribution is -2.73. The van der Waals surface area contributed by atoms with Crippen LogP contribution < -0.4 is 0 Å². The van der Waals surface area contributed by atoms with Gasteiger partial charge in [0.05, 0.1) is 5.60 Å². The Labute approximate surface area is 213 Å². The average molecular weight is 489 g/mol. The van der Waals surface area contributed by atoms with Crippen molar-refractivity contribution in [2.75, 3.05) is 0 Å². The van der Waals surface area contributed by atoms with Gasteiger partial charge in [0, 0.05) is 5.41 Å². The number of carboxylic acids is 1. The average Bonchev–Trinajstić information content (AvgIpc) is 2.75. The predicted molar refractivity (Wildman–Crippen MR) is 139 cm³/mol. The molecule has 0 radical (unpaired) electrons. The molecule has 35 heavy (non-hydrogen) atoms. The van der Waals surface area contributed by atoms with Crippen LogP contribution in [0, 0.1) is 56.7 Å². The van der Waals surface area contributed by atoms with E-state index in [0.717, 1.165) is 44.9 Å². The van der Waals surface area contributed by atoms with Crippen LogP contribution in [-0.4, -0.2) is 32.5 Å². The number of hydrogen-bond donors (Lipinski definition) is 3. The zero-order valence-corrected chi connectivity index (χ0v) is 23.7. The van der Waals surface area contributed by atoms with Crippen LogP contribution in [0.1, 0.15) is 120 Å². The molecule has 0 aromatic carbocycles. The number of aliphatic carboxylic acids is 1. The number of hydrogen-bond acceptors (Lipinski definition) is 3. The van der Waals surface area contributed by atoms with E-state index in [4.69, 9.17) is 0 Å². The highest BCUT2D eigenvalue weighted by Gasteiger charge is 2.75. The minimum absolute atomic E-state index is 0.0115. The minimum Gasteiger partial charge on any atom is -0.479 e. The second-order valence-electron chi connectivity index (χ2n) is 15.9. The molecule has 5 saturated carbocycles. The van der Waals surface area contributed by atoms with Crippen molar-refractivity contribution in [1.29, 1.82) is 0 Å². The van der Waals surface area contributed by atoms with Gasteiger partial charge in [0.1, 0.15) is 0 Å². The summed E-state index contributed by atoms with van der Waals surface area (Å²) in [5.74, 6) is 0.701. The van der Waals surface area contributed by atoms with E-state index in [9.17, 15) is 20.1 Å². The van der Waals surface area contributed by atoms with Gasteiger partial charge in [-0.05, 0) is 122 Å². The Kier molecular flexibility index (Phi) is 5.41. The number of aliphatic hydroxyl groups is 2. The first kappa shape index (κ1) is 26.0. The van der Waals surface area contributed by atoms with Crippen LogP contribution in [-0.2, 0) is 4.79 Å². The molecule has 0 saturated heterocycles. The van der Waals surface area contributed by atoms with Gasteiger partial charge in [-0.25, -0.2) is 4.79 Å². The first-order valence-corrected chi connectivity index (χ1v) is 14.6. The van der Waals surface area contributed by atoms with Crippen molar-refractivity contribution in [3.8, 4) is 0 Å². The Morgan fingerprint density at radius 1 is 0.714 bits per heavy atom. The maximum Gasteiger partial charge on any atom is 0.336 e. The Morgan fingerprint density at radius 3 is 1.97 bits per heavy atom. The molecule has 1 unspecified atom stereocenters. The molecule has 0 amide bonds. The van der Waals surface area contributed by atoms with Crippen molar-refractivity contribution < 1.29 is 20.1 Å².